The van der Waals surface area contributed by atoms with Gasteiger partial charge in [-0.25, -0.2) is 26.6 Å². The van der Waals surface area contributed by atoms with Gasteiger partial charge in [-0.05, 0) is 30.3 Å². The van der Waals surface area contributed by atoms with Crippen molar-refractivity contribution in [2.45, 2.75) is 4.90 Å². The molecular weight excluding hydrogens is 366 g/mol. The molecule has 0 amide bonds. The molecule has 11 heteroatoms. The molecule has 0 fully saturated rings. The van der Waals surface area contributed by atoms with Gasteiger partial charge in [-0.15, -0.1) is 10.2 Å². The Morgan fingerprint density at radius 2 is 1.77 bits per heavy atom. The van der Waals surface area contributed by atoms with E-state index in [-0.39, 0.29) is 13.1 Å². The predicted octanol–water partition coefficient (Wildman–Crippen LogP) is 1.33. The number of halogens is 2. The lowest BCUT2D eigenvalue weighted by atomic mass is 10.3. The molecule has 3 rings (SSSR count). The van der Waals surface area contributed by atoms with Gasteiger partial charge < -0.3 is 5.32 Å². The maximum atomic E-state index is 13.6. The number of nitrogens with zero attached hydrogens (tertiary/aromatic N) is 4. The standard InChI is InChI=1S/C15H14F2N6O2S/c16-11-3-1-4-12(17)15(11)26(24,25)20-9-8-18-13-5-6-14(22-21-13)23-10-2-7-19-23/h1-7,10,20H,8-9H2,(H,18,21). The summed E-state index contributed by atoms with van der Waals surface area (Å²) >= 11 is 0. The van der Waals surface area contributed by atoms with E-state index in [1.54, 1.807) is 30.6 Å². The fourth-order valence-electron chi connectivity index (χ4n) is 2.13. The molecule has 2 heterocycles. The van der Waals surface area contributed by atoms with Crippen molar-refractivity contribution in [1.29, 1.82) is 0 Å². The summed E-state index contributed by atoms with van der Waals surface area (Å²) in [6, 6.07) is 7.94. The van der Waals surface area contributed by atoms with E-state index < -0.39 is 26.6 Å². The number of nitrogens with one attached hydrogen (secondary N) is 2. The van der Waals surface area contributed by atoms with Crippen molar-refractivity contribution in [3.05, 3.63) is 60.4 Å². The summed E-state index contributed by atoms with van der Waals surface area (Å²) in [6.45, 7) is 0.0454. The number of rotatable bonds is 7. The molecule has 2 N–H and O–H groups in total. The van der Waals surface area contributed by atoms with Crippen LogP contribution in [0.5, 0.6) is 0 Å². The smallest absolute Gasteiger partial charge is 0.246 e. The Morgan fingerprint density at radius 1 is 1.00 bits per heavy atom. The first kappa shape index (κ1) is 17.9. The average molecular weight is 380 g/mol. The lowest BCUT2D eigenvalue weighted by Crippen LogP contribution is -2.30. The highest BCUT2D eigenvalue weighted by atomic mass is 32.2. The van der Waals surface area contributed by atoms with Crippen LogP contribution in [0.3, 0.4) is 0 Å². The van der Waals surface area contributed by atoms with E-state index in [9.17, 15) is 17.2 Å². The van der Waals surface area contributed by atoms with Gasteiger partial charge in [0.05, 0.1) is 0 Å². The van der Waals surface area contributed by atoms with Gasteiger partial charge in [0.1, 0.15) is 17.5 Å². The van der Waals surface area contributed by atoms with Crippen molar-refractivity contribution < 1.29 is 17.2 Å². The van der Waals surface area contributed by atoms with E-state index in [1.165, 1.54) is 4.68 Å². The van der Waals surface area contributed by atoms with Gasteiger partial charge in [0, 0.05) is 25.5 Å². The second-order valence-corrected chi connectivity index (χ2v) is 6.81. The van der Waals surface area contributed by atoms with Gasteiger partial charge in [0.25, 0.3) is 0 Å². The topological polar surface area (TPSA) is 102 Å². The van der Waals surface area contributed by atoms with Crippen molar-refractivity contribution in [3.8, 4) is 5.82 Å². The Morgan fingerprint density at radius 3 is 2.38 bits per heavy atom. The van der Waals surface area contributed by atoms with Crippen molar-refractivity contribution >= 4 is 15.8 Å². The number of aromatic nitrogens is 4. The summed E-state index contributed by atoms with van der Waals surface area (Å²) in [7, 11) is -4.30. The summed E-state index contributed by atoms with van der Waals surface area (Å²) in [5, 5.41) is 14.8. The Hall–Kier alpha value is -2.92. The largest absolute Gasteiger partial charge is 0.367 e. The van der Waals surface area contributed by atoms with Crippen LogP contribution in [0.25, 0.3) is 5.82 Å². The Bertz CT molecular complexity index is 958. The molecule has 8 nitrogen and oxygen atoms in total. The Balaban J connectivity index is 1.55. The van der Waals surface area contributed by atoms with Gasteiger partial charge in [-0.2, -0.15) is 5.10 Å². The highest BCUT2D eigenvalue weighted by molar-refractivity contribution is 7.89. The number of benzene rings is 1. The van der Waals surface area contributed by atoms with E-state index in [0.717, 1.165) is 18.2 Å². The second kappa shape index (κ2) is 7.54. The zero-order valence-electron chi connectivity index (χ0n) is 13.3. The fraction of sp³-hybridized carbons (Fsp3) is 0.133. The predicted molar refractivity (Wildman–Crippen MR) is 89.2 cm³/mol. The van der Waals surface area contributed by atoms with Gasteiger partial charge in [0.2, 0.25) is 10.0 Å². The van der Waals surface area contributed by atoms with Crippen molar-refractivity contribution in [2.24, 2.45) is 0 Å². The summed E-state index contributed by atoms with van der Waals surface area (Å²) in [5.74, 6) is -1.36. The first-order valence-electron chi connectivity index (χ1n) is 7.49. The molecule has 0 radical (unpaired) electrons. The first-order chi connectivity index (χ1) is 12.5. The van der Waals surface area contributed by atoms with Crippen LogP contribution in [0.1, 0.15) is 0 Å². The highest BCUT2D eigenvalue weighted by Gasteiger charge is 2.23. The molecule has 26 heavy (non-hydrogen) atoms. The molecule has 0 saturated carbocycles. The van der Waals surface area contributed by atoms with Crippen LogP contribution in [0.15, 0.2) is 53.7 Å². The van der Waals surface area contributed by atoms with E-state index in [2.05, 4.69) is 25.3 Å². The van der Waals surface area contributed by atoms with Gasteiger partial charge in [0.15, 0.2) is 10.7 Å². The lowest BCUT2D eigenvalue weighted by molar-refractivity contribution is 0.514. The zero-order valence-corrected chi connectivity index (χ0v) is 14.1. The molecule has 0 unspecified atom stereocenters. The lowest BCUT2D eigenvalue weighted by Gasteiger charge is -2.09. The highest BCUT2D eigenvalue weighted by Crippen LogP contribution is 2.17. The molecule has 136 valence electrons. The number of hydrogen-bond acceptors (Lipinski definition) is 6. The molecule has 0 aliphatic rings. The molecule has 0 spiro atoms. The minimum atomic E-state index is -4.30. The van der Waals surface area contributed by atoms with Crippen molar-refractivity contribution in [2.75, 3.05) is 18.4 Å². The van der Waals surface area contributed by atoms with Crippen LogP contribution in [0.4, 0.5) is 14.6 Å². The number of sulfonamides is 1. The van der Waals surface area contributed by atoms with Crippen molar-refractivity contribution in [3.63, 3.8) is 0 Å². The third kappa shape index (κ3) is 4.00. The van der Waals surface area contributed by atoms with E-state index in [1.807, 2.05) is 0 Å². The van der Waals surface area contributed by atoms with Crippen LogP contribution in [-0.4, -0.2) is 41.5 Å². The monoisotopic (exact) mass is 380 g/mol. The van der Waals surface area contributed by atoms with E-state index in [4.69, 9.17) is 0 Å². The molecule has 1 aromatic carbocycles. The third-order valence-electron chi connectivity index (χ3n) is 3.30. The first-order valence-corrected chi connectivity index (χ1v) is 8.97. The third-order valence-corrected chi connectivity index (χ3v) is 4.81. The summed E-state index contributed by atoms with van der Waals surface area (Å²) < 4.78 is 54.8. The molecule has 2 aromatic heterocycles. The molecular formula is C15H14F2N6O2S. The van der Waals surface area contributed by atoms with Crippen LogP contribution in [0.2, 0.25) is 0 Å². The normalized spacial score (nSPS) is 11.5. The van der Waals surface area contributed by atoms with E-state index >= 15 is 0 Å². The van der Waals surface area contributed by atoms with E-state index in [0.29, 0.717) is 11.6 Å². The quantitative estimate of drug-likeness (QED) is 0.600. The number of anilines is 1. The maximum absolute atomic E-state index is 13.6. The SMILES string of the molecule is O=S(=O)(NCCNc1ccc(-n2cccn2)nn1)c1c(F)cccc1F. The molecule has 0 bridgehead atoms. The van der Waals surface area contributed by atoms with Gasteiger partial charge >= 0.3 is 0 Å². The molecule has 0 saturated heterocycles. The summed E-state index contributed by atoms with van der Waals surface area (Å²) in [6.07, 6.45) is 3.33. The van der Waals surface area contributed by atoms with Crippen LogP contribution < -0.4 is 10.0 Å². The van der Waals surface area contributed by atoms with Crippen LogP contribution >= 0.6 is 0 Å². The van der Waals surface area contributed by atoms with Crippen LogP contribution in [-0.2, 0) is 10.0 Å². The second-order valence-electron chi connectivity index (χ2n) is 5.10. The minimum Gasteiger partial charge on any atom is -0.367 e. The van der Waals surface area contributed by atoms with Gasteiger partial charge in [-0.3, -0.25) is 0 Å². The van der Waals surface area contributed by atoms with Gasteiger partial charge in [-0.1, -0.05) is 6.07 Å². The minimum absolute atomic E-state index is 0.0985. The average Bonchev–Trinajstić information content (AvgIpc) is 3.13. The zero-order chi connectivity index (χ0) is 18.6. The summed E-state index contributed by atoms with van der Waals surface area (Å²) in [4.78, 5) is -0.997. The Labute approximate surface area is 147 Å². The Kier molecular flexibility index (Phi) is 5.19. The summed E-state index contributed by atoms with van der Waals surface area (Å²) in [5.41, 5.74) is 0. The van der Waals surface area contributed by atoms with Crippen molar-refractivity contribution in [1.82, 2.24) is 24.7 Å². The molecule has 0 aliphatic heterocycles. The molecule has 3 aromatic rings. The number of hydrogen-bond donors (Lipinski definition) is 2. The molecule has 0 aliphatic carbocycles. The van der Waals surface area contributed by atoms with Crippen LogP contribution in [0, 0.1) is 11.6 Å². The molecule has 0 atom stereocenters. The maximum Gasteiger partial charge on any atom is 0.246 e. The fourth-order valence-corrected chi connectivity index (χ4v) is 3.30.